The predicted octanol–water partition coefficient (Wildman–Crippen LogP) is 7.77. The number of unbranched alkanes of at least 4 members (excludes halogenated alkanes) is 6. The summed E-state index contributed by atoms with van der Waals surface area (Å²) in [5.74, 6) is -0.389. The van der Waals surface area contributed by atoms with Crippen LogP contribution in [0.1, 0.15) is 126 Å². The Morgan fingerprint density at radius 1 is 0.647 bits per heavy atom. The standard InChI is InChI=1S/C26H56N.C2HF3O2/c1-8-27(21-15-9-12-18-24(2)3,22-16-10-13-19-25(4)5)23-17-11-14-20-26(6)7;3-2(4,5)1(6)7/h24-26H,8-23H2,1-7H3;(H,6,7)/q+1;/p-1. The van der Waals surface area contributed by atoms with E-state index >= 15 is 0 Å². The number of halogens is 3. The van der Waals surface area contributed by atoms with Crippen LogP contribution < -0.4 is 5.11 Å². The molecule has 0 aromatic rings. The highest BCUT2D eigenvalue weighted by Crippen LogP contribution is 2.19. The maximum absolute atomic E-state index is 10.5. The molecule has 6 heteroatoms. The van der Waals surface area contributed by atoms with E-state index in [1.165, 1.54) is 108 Å². The highest BCUT2D eigenvalue weighted by atomic mass is 19.4. The fourth-order valence-electron chi connectivity index (χ4n) is 4.34. The molecular formula is C28H56F3NO2. The van der Waals surface area contributed by atoms with Crippen LogP contribution in [0.15, 0.2) is 0 Å². The van der Waals surface area contributed by atoms with Crippen molar-refractivity contribution in [1.29, 1.82) is 0 Å². The van der Waals surface area contributed by atoms with Gasteiger partial charge >= 0.3 is 6.18 Å². The molecule has 206 valence electrons. The summed E-state index contributed by atoms with van der Waals surface area (Å²) in [6, 6.07) is 0. The van der Waals surface area contributed by atoms with Crippen molar-refractivity contribution in [2.24, 2.45) is 17.8 Å². The van der Waals surface area contributed by atoms with Crippen molar-refractivity contribution in [3.63, 3.8) is 0 Å². The maximum Gasteiger partial charge on any atom is 0.430 e. The quantitative estimate of drug-likeness (QED) is 0.136. The van der Waals surface area contributed by atoms with Crippen LogP contribution in [0.25, 0.3) is 0 Å². The summed E-state index contributed by atoms with van der Waals surface area (Å²) in [5.41, 5.74) is 0. The first-order chi connectivity index (χ1) is 15.8. The highest BCUT2D eigenvalue weighted by Gasteiger charge is 2.28. The number of quaternary nitrogens is 1. The lowest BCUT2D eigenvalue weighted by Crippen LogP contribution is -2.50. The van der Waals surface area contributed by atoms with Crippen molar-refractivity contribution in [3.05, 3.63) is 0 Å². The molecule has 0 aliphatic carbocycles. The molecule has 0 saturated heterocycles. The van der Waals surface area contributed by atoms with Crippen LogP contribution in [0.3, 0.4) is 0 Å². The molecule has 0 aliphatic heterocycles. The Kier molecular flexibility index (Phi) is 21.2. The zero-order chi connectivity index (χ0) is 26.6. The Labute approximate surface area is 209 Å². The van der Waals surface area contributed by atoms with E-state index in [9.17, 15) is 13.2 Å². The number of carboxylic acids is 1. The van der Waals surface area contributed by atoms with Crippen LogP contribution in [0.2, 0.25) is 0 Å². The first-order valence-electron chi connectivity index (χ1n) is 13.9. The number of rotatable bonds is 19. The average molecular weight is 496 g/mol. The van der Waals surface area contributed by atoms with E-state index in [4.69, 9.17) is 9.90 Å². The van der Waals surface area contributed by atoms with Gasteiger partial charge in [0.15, 0.2) is 0 Å². The second-order valence-corrected chi connectivity index (χ2v) is 11.3. The van der Waals surface area contributed by atoms with E-state index in [0.717, 1.165) is 17.8 Å². The third-order valence-electron chi connectivity index (χ3n) is 6.64. The third kappa shape index (κ3) is 23.0. The minimum absolute atomic E-state index is 0.873. The van der Waals surface area contributed by atoms with Crippen molar-refractivity contribution in [2.45, 2.75) is 132 Å². The lowest BCUT2D eigenvalue weighted by molar-refractivity contribution is -0.927. The van der Waals surface area contributed by atoms with Gasteiger partial charge in [-0.1, -0.05) is 80.1 Å². The van der Waals surface area contributed by atoms with Gasteiger partial charge < -0.3 is 14.4 Å². The molecule has 0 aromatic heterocycles. The van der Waals surface area contributed by atoms with Gasteiger partial charge in [0.25, 0.3) is 0 Å². The number of hydrogen-bond acceptors (Lipinski definition) is 2. The monoisotopic (exact) mass is 495 g/mol. The van der Waals surface area contributed by atoms with Crippen LogP contribution >= 0.6 is 0 Å². The summed E-state index contributed by atoms with van der Waals surface area (Å²) in [5, 5.41) is 8.78. The molecule has 0 aromatic carbocycles. The summed E-state index contributed by atoms with van der Waals surface area (Å²) in [4.78, 5) is 8.78. The molecule has 0 bridgehead atoms. The molecule has 0 rings (SSSR count). The lowest BCUT2D eigenvalue weighted by atomic mass is 10.0. The van der Waals surface area contributed by atoms with Crippen molar-refractivity contribution in [1.82, 2.24) is 0 Å². The van der Waals surface area contributed by atoms with E-state index < -0.39 is 12.1 Å². The lowest BCUT2D eigenvalue weighted by Gasteiger charge is -2.38. The van der Waals surface area contributed by atoms with Crippen LogP contribution in [-0.2, 0) is 4.79 Å². The topological polar surface area (TPSA) is 40.1 Å². The zero-order valence-electron chi connectivity index (χ0n) is 23.4. The maximum atomic E-state index is 10.5. The smallest absolute Gasteiger partial charge is 0.430 e. The average Bonchev–Trinajstić information content (AvgIpc) is 2.71. The Morgan fingerprint density at radius 3 is 1.09 bits per heavy atom. The van der Waals surface area contributed by atoms with Crippen molar-refractivity contribution >= 4 is 5.97 Å². The second kappa shape index (κ2) is 20.4. The molecule has 0 N–H and O–H groups in total. The first-order valence-corrected chi connectivity index (χ1v) is 13.9. The van der Waals surface area contributed by atoms with Gasteiger partial charge in [0.2, 0.25) is 0 Å². The number of carbonyl (C=O) groups excluding carboxylic acids is 1. The van der Waals surface area contributed by atoms with Crippen LogP contribution in [-0.4, -0.2) is 42.8 Å². The Bertz CT molecular complexity index is 431. The normalized spacial score (nSPS) is 12.4. The molecule has 3 nitrogen and oxygen atoms in total. The molecule has 0 saturated carbocycles. The van der Waals surface area contributed by atoms with E-state index in [1.54, 1.807) is 0 Å². The minimum atomic E-state index is -5.19. The van der Waals surface area contributed by atoms with Gasteiger partial charge in [0, 0.05) is 0 Å². The minimum Gasteiger partial charge on any atom is -0.542 e. The fraction of sp³-hybridized carbons (Fsp3) is 0.964. The SMILES string of the molecule is CC[N+](CCCCCC(C)C)(CCCCCC(C)C)CCCCCC(C)C.O=C([O-])C(F)(F)F. The summed E-state index contributed by atoms with van der Waals surface area (Å²) >= 11 is 0. The summed E-state index contributed by atoms with van der Waals surface area (Å²) < 4.78 is 33.0. The van der Waals surface area contributed by atoms with Gasteiger partial charge in [0.05, 0.1) is 26.2 Å². The molecular weight excluding hydrogens is 439 g/mol. The molecule has 0 radical (unpaired) electrons. The number of aliphatic carboxylic acids is 1. The Hall–Kier alpha value is -0.780. The Balaban J connectivity index is 0. The molecule has 34 heavy (non-hydrogen) atoms. The number of alkyl halides is 3. The molecule has 0 unspecified atom stereocenters. The summed E-state index contributed by atoms with van der Waals surface area (Å²) in [7, 11) is 0. The third-order valence-corrected chi connectivity index (χ3v) is 6.64. The van der Waals surface area contributed by atoms with E-state index in [2.05, 4.69) is 48.5 Å². The molecule has 0 heterocycles. The highest BCUT2D eigenvalue weighted by molar-refractivity contribution is 5.70. The zero-order valence-corrected chi connectivity index (χ0v) is 23.4. The summed E-state index contributed by atoms with van der Waals surface area (Å²) in [6.45, 7) is 22.3. The van der Waals surface area contributed by atoms with Crippen LogP contribution in [0.5, 0.6) is 0 Å². The van der Waals surface area contributed by atoms with Crippen LogP contribution in [0, 0.1) is 17.8 Å². The van der Waals surface area contributed by atoms with E-state index in [-0.39, 0.29) is 0 Å². The largest absolute Gasteiger partial charge is 0.542 e. The first kappa shape index (κ1) is 35.4. The summed E-state index contributed by atoms with van der Waals surface area (Å²) in [6.07, 6.45) is 12.0. The van der Waals surface area contributed by atoms with Gasteiger partial charge in [-0.2, -0.15) is 13.2 Å². The van der Waals surface area contributed by atoms with Crippen molar-refractivity contribution in [2.75, 3.05) is 26.2 Å². The number of nitrogens with zero attached hydrogens (tertiary/aromatic N) is 1. The van der Waals surface area contributed by atoms with Crippen molar-refractivity contribution < 1.29 is 27.6 Å². The van der Waals surface area contributed by atoms with E-state index in [1.807, 2.05) is 0 Å². The predicted molar refractivity (Wildman–Crippen MR) is 136 cm³/mol. The number of carboxylic acid groups (broad SMARTS) is 1. The van der Waals surface area contributed by atoms with Crippen LogP contribution in [0.4, 0.5) is 13.2 Å². The molecule has 0 atom stereocenters. The van der Waals surface area contributed by atoms with E-state index in [0.29, 0.717) is 0 Å². The van der Waals surface area contributed by atoms with Gasteiger partial charge in [-0.05, 0) is 63.2 Å². The van der Waals surface area contributed by atoms with Gasteiger partial charge in [-0.3, -0.25) is 0 Å². The van der Waals surface area contributed by atoms with Gasteiger partial charge in [-0.15, -0.1) is 0 Å². The number of hydrogen-bond donors (Lipinski definition) is 0. The molecule has 0 spiro atoms. The molecule has 0 amide bonds. The molecule has 0 fully saturated rings. The van der Waals surface area contributed by atoms with Gasteiger partial charge in [0.1, 0.15) is 5.97 Å². The van der Waals surface area contributed by atoms with Gasteiger partial charge in [-0.25, -0.2) is 0 Å². The molecule has 0 aliphatic rings. The Morgan fingerprint density at radius 2 is 0.912 bits per heavy atom. The fourth-order valence-corrected chi connectivity index (χ4v) is 4.34. The van der Waals surface area contributed by atoms with Crippen molar-refractivity contribution in [3.8, 4) is 0 Å². The number of carbonyl (C=O) groups is 1. The second-order valence-electron chi connectivity index (χ2n) is 11.3.